The maximum absolute atomic E-state index is 5.93. The normalized spacial score (nSPS) is 20.5. The van der Waals surface area contributed by atoms with E-state index in [0.717, 1.165) is 30.5 Å². The van der Waals surface area contributed by atoms with Crippen LogP contribution in [0.1, 0.15) is 49.9 Å². The van der Waals surface area contributed by atoms with E-state index in [-0.39, 0.29) is 0 Å². The lowest BCUT2D eigenvalue weighted by molar-refractivity contribution is 0.275. The Morgan fingerprint density at radius 1 is 1.18 bits per heavy atom. The predicted molar refractivity (Wildman–Crippen MR) is 68.0 cm³/mol. The van der Waals surface area contributed by atoms with E-state index >= 15 is 0 Å². The van der Waals surface area contributed by atoms with Gasteiger partial charge in [-0.05, 0) is 37.5 Å². The van der Waals surface area contributed by atoms with Crippen molar-refractivity contribution in [3.8, 4) is 0 Å². The summed E-state index contributed by atoms with van der Waals surface area (Å²) in [6.07, 6.45) is 9.39. The quantitative estimate of drug-likeness (QED) is 0.729. The number of rotatable bonds is 6. The van der Waals surface area contributed by atoms with Gasteiger partial charge in [-0.2, -0.15) is 0 Å². The Morgan fingerprint density at radius 2 is 2.00 bits per heavy atom. The first-order chi connectivity index (χ1) is 8.36. The lowest BCUT2D eigenvalue weighted by atomic mass is 9.83. The highest BCUT2D eigenvalue weighted by Crippen LogP contribution is 2.34. The summed E-state index contributed by atoms with van der Waals surface area (Å²) in [6.45, 7) is 1.04. The molecule has 2 aliphatic rings. The molecule has 3 rings (SSSR count). The van der Waals surface area contributed by atoms with Gasteiger partial charge in [-0.3, -0.25) is 0 Å². The first kappa shape index (κ1) is 11.5. The summed E-state index contributed by atoms with van der Waals surface area (Å²) < 4.78 is 2.12. The van der Waals surface area contributed by atoms with Crippen LogP contribution in [0.15, 0.2) is 0 Å². The van der Waals surface area contributed by atoms with Crippen molar-refractivity contribution in [2.45, 2.75) is 57.4 Å². The van der Waals surface area contributed by atoms with Crippen LogP contribution in [0, 0.1) is 11.8 Å². The molecule has 1 aromatic heterocycles. The number of hydrogen-bond acceptors (Lipinski definition) is 2. The molecule has 3 nitrogen and oxygen atoms in total. The van der Waals surface area contributed by atoms with Crippen molar-refractivity contribution in [1.29, 1.82) is 0 Å². The van der Waals surface area contributed by atoms with Crippen LogP contribution in [0.5, 0.6) is 0 Å². The molecular formula is C13H20ClN3. The minimum Gasteiger partial charge on any atom is -0.249 e. The molecule has 0 spiro atoms. The summed E-state index contributed by atoms with van der Waals surface area (Å²) in [4.78, 5) is 0. The molecule has 2 fully saturated rings. The second kappa shape index (κ2) is 4.97. The van der Waals surface area contributed by atoms with Gasteiger partial charge in [0.15, 0.2) is 0 Å². The summed E-state index contributed by atoms with van der Waals surface area (Å²) >= 11 is 5.93. The second-order valence-electron chi connectivity index (χ2n) is 5.57. The van der Waals surface area contributed by atoms with E-state index in [1.54, 1.807) is 0 Å². The topological polar surface area (TPSA) is 30.7 Å². The SMILES string of the molecule is ClCc1nnn(CCC2CCC2)c1CC1CC1. The van der Waals surface area contributed by atoms with Gasteiger partial charge in [0.2, 0.25) is 0 Å². The summed E-state index contributed by atoms with van der Waals surface area (Å²) in [5.74, 6) is 2.32. The Morgan fingerprint density at radius 3 is 2.59 bits per heavy atom. The van der Waals surface area contributed by atoms with Crippen molar-refractivity contribution in [3.05, 3.63) is 11.4 Å². The average molecular weight is 254 g/mol. The van der Waals surface area contributed by atoms with Crippen molar-refractivity contribution < 1.29 is 0 Å². The van der Waals surface area contributed by atoms with Gasteiger partial charge < -0.3 is 0 Å². The molecule has 0 N–H and O–H groups in total. The van der Waals surface area contributed by atoms with Gasteiger partial charge in [-0.25, -0.2) is 4.68 Å². The molecule has 0 bridgehead atoms. The number of nitrogens with zero attached hydrogens (tertiary/aromatic N) is 3. The van der Waals surface area contributed by atoms with Gasteiger partial charge in [0.1, 0.15) is 5.69 Å². The van der Waals surface area contributed by atoms with E-state index in [9.17, 15) is 0 Å². The van der Waals surface area contributed by atoms with Crippen molar-refractivity contribution in [3.63, 3.8) is 0 Å². The molecular weight excluding hydrogens is 234 g/mol. The Balaban J connectivity index is 1.65. The van der Waals surface area contributed by atoms with Crippen LogP contribution in [-0.2, 0) is 18.8 Å². The first-order valence-corrected chi connectivity index (χ1v) is 7.37. The molecule has 0 amide bonds. The highest BCUT2D eigenvalue weighted by molar-refractivity contribution is 6.16. The fourth-order valence-electron chi connectivity index (χ4n) is 2.56. The zero-order chi connectivity index (χ0) is 11.7. The number of aromatic nitrogens is 3. The largest absolute Gasteiger partial charge is 0.249 e. The van der Waals surface area contributed by atoms with Crippen LogP contribution in [0.2, 0.25) is 0 Å². The molecule has 94 valence electrons. The number of aryl methyl sites for hydroxylation is 1. The minimum atomic E-state index is 0.505. The Hall–Kier alpha value is -0.570. The van der Waals surface area contributed by atoms with Crippen LogP contribution < -0.4 is 0 Å². The third-order valence-electron chi connectivity index (χ3n) is 4.20. The monoisotopic (exact) mass is 253 g/mol. The van der Waals surface area contributed by atoms with E-state index in [4.69, 9.17) is 11.6 Å². The first-order valence-electron chi connectivity index (χ1n) is 6.84. The molecule has 0 aliphatic heterocycles. The van der Waals surface area contributed by atoms with Gasteiger partial charge in [-0.15, -0.1) is 16.7 Å². The summed E-state index contributed by atoms with van der Waals surface area (Å²) in [5.41, 5.74) is 2.31. The van der Waals surface area contributed by atoms with Crippen molar-refractivity contribution >= 4 is 11.6 Å². The van der Waals surface area contributed by atoms with Crippen LogP contribution in [0.25, 0.3) is 0 Å². The van der Waals surface area contributed by atoms with E-state index in [2.05, 4.69) is 15.0 Å². The molecule has 2 aliphatic carbocycles. The highest BCUT2D eigenvalue weighted by atomic mass is 35.5. The van der Waals surface area contributed by atoms with E-state index < -0.39 is 0 Å². The lowest BCUT2D eigenvalue weighted by Crippen LogP contribution is -2.16. The minimum absolute atomic E-state index is 0.505. The fraction of sp³-hybridized carbons (Fsp3) is 0.846. The standard InChI is InChI=1S/C13H20ClN3/c14-9-12-13(8-11-4-5-11)17(16-15-12)7-6-10-2-1-3-10/h10-11H,1-9H2. The molecule has 1 aromatic rings. The molecule has 1 heterocycles. The third-order valence-corrected chi connectivity index (χ3v) is 4.45. The van der Waals surface area contributed by atoms with Crippen LogP contribution in [0.3, 0.4) is 0 Å². The smallest absolute Gasteiger partial charge is 0.101 e. The second-order valence-corrected chi connectivity index (χ2v) is 5.84. The predicted octanol–water partition coefficient (Wildman–Crippen LogP) is 3.16. The van der Waals surface area contributed by atoms with Crippen molar-refractivity contribution in [1.82, 2.24) is 15.0 Å². The van der Waals surface area contributed by atoms with Crippen molar-refractivity contribution in [2.24, 2.45) is 11.8 Å². The Labute approximate surface area is 108 Å². The van der Waals surface area contributed by atoms with Gasteiger partial charge in [0.25, 0.3) is 0 Å². The molecule has 0 atom stereocenters. The van der Waals surface area contributed by atoms with Crippen LogP contribution in [-0.4, -0.2) is 15.0 Å². The lowest BCUT2D eigenvalue weighted by Gasteiger charge is -2.25. The summed E-state index contributed by atoms with van der Waals surface area (Å²) in [5, 5.41) is 8.50. The summed E-state index contributed by atoms with van der Waals surface area (Å²) in [6, 6.07) is 0. The van der Waals surface area contributed by atoms with E-state index in [0.29, 0.717) is 5.88 Å². The summed E-state index contributed by atoms with van der Waals surface area (Å²) in [7, 11) is 0. The Bertz CT molecular complexity index is 380. The van der Waals surface area contributed by atoms with E-state index in [1.807, 2.05) is 0 Å². The number of alkyl halides is 1. The van der Waals surface area contributed by atoms with Crippen LogP contribution in [0.4, 0.5) is 0 Å². The highest BCUT2D eigenvalue weighted by Gasteiger charge is 2.26. The van der Waals surface area contributed by atoms with Gasteiger partial charge in [0.05, 0.1) is 11.6 Å². The average Bonchev–Trinajstić information content (AvgIpc) is 2.99. The Kier molecular flexibility index (Phi) is 3.37. The van der Waals surface area contributed by atoms with Gasteiger partial charge >= 0.3 is 0 Å². The molecule has 4 heteroatoms. The fourth-order valence-corrected chi connectivity index (χ4v) is 2.76. The van der Waals surface area contributed by atoms with Gasteiger partial charge in [-0.1, -0.05) is 24.5 Å². The molecule has 17 heavy (non-hydrogen) atoms. The third kappa shape index (κ3) is 2.65. The molecule has 0 radical (unpaired) electrons. The number of halogens is 1. The number of hydrogen-bond donors (Lipinski definition) is 0. The molecule has 0 unspecified atom stereocenters. The van der Waals surface area contributed by atoms with E-state index in [1.165, 1.54) is 44.2 Å². The maximum atomic E-state index is 5.93. The molecule has 0 saturated heterocycles. The van der Waals surface area contributed by atoms with Crippen molar-refractivity contribution in [2.75, 3.05) is 0 Å². The van der Waals surface area contributed by atoms with Gasteiger partial charge in [0, 0.05) is 6.54 Å². The maximum Gasteiger partial charge on any atom is 0.101 e. The molecule has 2 saturated carbocycles. The zero-order valence-electron chi connectivity index (χ0n) is 10.2. The van der Waals surface area contributed by atoms with Crippen LogP contribution >= 0.6 is 11.6 Å². The molecule has 0 aromatic carbocycles. The zero-order valence-corrected chi connectivity index (χ0v) is 11.0.